The number of nitrogens with one attached hydrogen (secondary N) is 1. The monoisotopic (exact) mass is 550 g/mol. The molecule has 0 atom stereocenters. The lowest BCUT2D eigenvalue weighted by atomic mass is 10.2. The lowest BCUT2D eigenvalue weighted by Gasteiger charge is -2.14. The summed E-state index contributed by atoms with van der Waals surface area (Å²) < 4.78 is 36.8. The molecule has 0 radical (unpaired) electrons. The number of carbonyl (C=O) groups is 1. The fourth-order valence-corrected chi connectivity index (χ4v) is 4.52. The number of hydrogen-bond acceptors (Lipinski definition) is 6. The first-order valence-electron chi connectivity index (χ1n) is 9.76. The van der Waals surface area contributed by atoms with Gasteiger partial charge in [0.25, 0.3) is 5.91 Å². The van der Waals surface area contributed by atoms with Crippen LogP contribution in [0.3, 0.4) is 0 Å². The number of nitrogens with zero attached hydrogens (tertiary/aromatic N) is 1. The molecule has 3 aromatic carbocycles. The second kappa shape index (κ2) is 10.8. The Morgan fingerprint density at radius 2 is 1.88 bits per heavy atom. The molecule has 0 saturated carbocycles. The molecule has 0 aliphatic rings. The van der Waals surface area contributed by atoms with E-state index < -0.39 is 16.0 Å². The van der Waals surface area contributed by atoms with Gasteiger partial charge in [-0.25, -0.2) is 5.43 Å². The van der Waals surface area contributed by atoms with Crippen molar-refractivity contribution in [2.45, 2.75) is 18.7 Å². The largest absolute Gasteiger partial charge is 0.490 e. The van der Waals surface area contributed by atoms with E-state index in [1.165, 1.54) is 24.4 Å². The van der Waals surface area contributed by atoms with Gasteiger partial charge in [0.05, 0.1) is 17.3 Å². The van der Waals surface area contributed by atoms with Crippen LogP contribution in [0.1, 0.15) is 28.4 Å². The molecular formula is C23H20BrClN2O5S. The number of hydrazone groups is 1. The Morgan fingerprint density at radius 3 is 2.55 bits per heavy atom. The quantitative estimate of drug-likeness (QED) is 0.232. The predicted octanol–water partition coefficient (Wildman–Crippen LogP) is 5.34. The molecule has 172 valence electrons. The third-order valence-corrected chi connectivity index (χ3v) is 6.36. The van der Waals surface area contributed by atoms with E-state index in [9.17, 15) is 13.2 Å². The zero-order valence-corrected chi connectivity index (χ0v) is 20.9. The minimum atomic E-state index is -4.08. The molecule has 0 fully saturated rings. The first kappa shape index (κ1) is 24.8. The minimum absolute atomic E-state index is 0.0116. The van der Waals surface area contributed by atoms with Crippen molar-refractivity contribution >= 4 is 49.8 Å². The van der Waals surface area contributed by atoms with Gasteiger partial charge in [0.1, 0.15) is 4.90 Å². The second-order valence-corrected chi connectivity index (χ2v) is 9.66. The average molecular weight is 552 g/mol. The molecule has 0 aliphatic carbocycles. The summed E-state index contributed by atoms with van der Waals surface area (Å²) in [5.41, 5.74) is 4.24. The molecule has 3 rings (SSSR count). The third kappa shape index (κ3) is 6.56. The van der Waals surface area contributed by atoms with Gasteiger partial charge in [0.2, 0.25) is 0 Å². The van der Waals surface area contributed by atoms with Crippen molar-refractivity contribution in [1.82, 2.24) is 5.43 Å². The van der Waals surface area contributed by atoms with E-state index in [-0.39, 0.29) is 23.0 Å². The Morgan fingerprint density at radius 1 is 1.15 bits per heavy atom. The van der Waals surface area contributed by atoms with Crippen LogP contribution in [0.15, 0.2) is 75.1 Å². The number of amides is 1. The molecule has 7 nitrogen and oxygen atoms in total. The Bertz CT molecular complexity index is 1290. The van der Waals surface area contributed by atoms with Crippen molar-refractivity contribution in [3.63, 3.8) is 0 Å². The van der Waals surface area contributed by atoms with Crippen LogP contribution in [0, 0.1) is 6.92 Å². The van der Waals surface area contributed by atoms with Crippen LogP contribution >= 0.6 is 27.5 Å². The van der Waals surface area contributed by atoms with E-state index in [4.69, 9.17) is 20.5 Å². The SMILES string of the molecule is CCOc1cc(/C=N\NC(=O)c2cccc(Cl)c2)cc(Br)c1OS(=O)(=O)c1ccc(C)cc1. The minimum Gasteiger partial charge on any atom is -0.490 e. The van der Waals surface area contributed by atoms with Gasteiger partial charge in [-0.15, -0.1) is 0 Å². The predicted molar refractivity (Wildman–Crippen MR) is 131 cm³/mol. The Labute approximate surface area is 205 Å². The van der Waals surface area contributed by atoms with Crippen molar-refractivity contribution in [3.05, 3.63) is 86.8 Å². The normalized spacial score (nSPS) is 11.4. The first-order chi connectivity index (χ1) is 15.7. The number of ether oxygens (including phenoxy) is 1. The van der Waals surface area contributed by atoms with Crippen LogP contribution in [0.25, 0.3) is 0 Å². The molecular weight excluding hydrogens is 532 g/mol. The highest BCUT2D eigenvalue weighted by Gasteiger charge is 2.22. The van der Waals surface area contributed by atoms with E-state index in [0.29, 0.717) is 20.6 Å². The van der Waals surface area contributed by atoms with Gasteiger partial charge >= 0.3 is 10.1 Å². The molecule has 0 spiro atoms. The number of halogens is 2. The molecule has 1 amide bonds. The summed E-state index contributed by atoms with van der Waals surface area (Å²) in [4.78, 5) is 12.2. The van der Waals surface area contributed by atoms with Crippen LogP contribution in [0.2, 0.25) is 5.02 Å². The molecule has 0 heterocycles. The van der Waals surface area contributed by atoms with Gasteiger partial charge in [-0.3, -0.25) is 4.79 Å². The number of hydrogen-bond donors (Lipinski definition) is 1. The topological polar surface area (TPSA) is 94.1 Å². The van der Waals surface area contributed by atoms with E-state index >= 15 is 0 Å². The molecule has 33 heavy (non-hydrogen) atoms. The van der Waals surface area contributed by atoms with Crippen molar-refractivity contribution in [1.29, 1.82) is 0 Å². The molecule has 0 aliphatic heterocycles. The lowest BCUT2D eigenvalue weighted by Crippen LogP contribution is -2.17. The van der Waals surface area contributed by atoms with Gasteiger partial charge in [-0.1, -0.05) is 35.4 Å². The summed E-state index contributed by atoms with van der Waals surface area (Å²) in [6.45, 7) is 3.90. The average Bonchev–Trinajstić information content (AvgIpc) is 2.76. The molecule has 3 aromatic rings. The number of rotatable bonds is 8. The summed E-state index contributed by atoms with van der Waals surface area (Å²) in [5, 5.41) is 4.38. The number of benzene rings is 3. The van der Waals surface area contributed by atoms with Crippen molar-refractivity contribution < 1.29 is 22.1 Å². The Kier molecular flexibility index (Phi) is 8.12. The number of aryl methyl sites for hydroxylation is 1. The van der Waals surface area contributed by atoms with Crippen molar-refractivity contribution in [3.8, 4) is 11.5 Å². The number of carbonyl (C=O) groups excluding carboxylic acids is 1. The van der Waals surface area contributed by atoms with E-state index in [2.05, 4.69) is 26.5 Å². The Hall–Kier alpha value is -2.88. The second-order valence-electron chi connectivity index (χ2n) is 6.82. The van der Waals surface area contributed by atoms with E-state index in [0.717, 1.165) is 5.56 Å². The van der Waals surface area contributed by atoms with Crippen LogP contribution in [0.4, 0.5) is 0 Å². The summed E-state index contributed by atoms with van der Waals surface area (Å²) >= 11 is 9.24. The third-order valence-electron chi connectivity index (χ3n) is 4.30. The van der Waals surface area contributed by atoms with E-state index in [1.54, 1.807) is 49.4 Å². The standard InChI is InChI=1S/C23H20BrClN2O5S/c1-3-31-21-12-16(14-26-27-23(28)17-5-4-6-18(25)13-17)11-20(24)22(21)32-33(29,30)19-9-7-15(2)8-10-19/h4-14H,3H2,1-2H3,(H,27,28)/b26-14-. The van der Waals surface area contributed by atoms with Crippen LogP contribution in [0.5, 0.6) is 11.5 Å². The molecule has 0 unspecified atom stereocenters. The summed E-state index contributed by atoms with van der Waals surface area (Å²) in [7, 11) is -4.08. The van der Waals surface area contributed by atoms with Gasteiger partial charge in [0, 0.05) is 10.6 Å². The van der Waals surface area contributed by atoms with Crippen LogP contribution in [-0.4, -0.2) is 27.1 Å². The highest BCUT2D eigenvalue weighted by atomic mass is 79.9. The van der Waals surface area contributed by atoms with E-state index in [1.807, 2.05) is 6.92 Å². The van der Waals surface area contributed by atoms with Gasteiger partial charge in [-0.2, -0.15) is 13.5 Å². The van der Waals surface area contributed by atoms with Crippen molar-refractivity contribution in [2.75, 3.05) is 6.61 Å². The summed E-state index contributed by atoms with van der Waals surface area (Å²) in [6, 6.07) is 15.9. The molecule has 0 bridgehead atoms. The van der Waals surface area contributed by atoms with Crippen LogP contribution in [-0.2, 0) is 10.1 Å². The highest BCUT2D eigenvalue weighted by molar-refractivity contribution is 9.10. The molecule has 1 N–H and O–H groups in total. The van der Waals surface area contributed by atoms with Gasteiger partial charge in [0.15, 0.2) is 11.5 Å². The molecule has 0 aromatic heterocycles. The maximum Gasteiger partial charge on any atom is 0.339 e. The van der Waals surface area contributed by atoms with Crippen molar-refractivity contribution in [2.24, 2.45) is 5.10 Å². The fraction of sp³-hybridized carbons (Fsp3) is 0.130. The maximum absolute atomic E-state index is 12.7. The maximum atomic E-state index is 12.7. The lowest BCUT2D eigenvalue weighted by molar-refractivity contribution is 0.0955. The molecule has 0 saturated heterocycles. The van der Waals surface area contributed by atoms with Gasteiger partial charge in [-0.05, 0) is 77.8 Å². The first-order valence-corrected chi connectivity index (χ1v) is 12.3. The zero-order chi connectivity index (χ0) is 24.0. The highest BCUT2D eigenvalue weighted by Crippen LogP contribution is 2.38. The summed E-state index contributed by atoms with van der Waals surface area (Å²) in [6.07, 6.45) is 1.40. The smallest absolute Gasteiger partial charge is 0.339 e. The Balaban J connectivity index is 1.82. The summed E-state index contributed by atoms with van der Waals surface area (Å²) in [5.74, 6) is -0.218. The van der Waals surface area contributed by atoms with Gasteiger partial charge < -0.3 is 8.92 Å². The molecule has 10 heteroatoms. The zero-order valence-electron chi connectivity index (χ0n) is 17.7. The fourth-order valence-electron chi connectivity index (χ4n) is 2.73. The van der Waals surface area contributed by atoms with Crippen LogP contribution < -0.4 is 14.3 Å².